The molecule has 0 spiro atoms. The van der Waals surface area contributed by atoms with Crippen LogP contribution in [0.3, 0.4) is 0 Å². The van der Waals surface area contributed by atoms with Gasteiger partial charge in [-0.2, -0.15) is 0 Å². The summed E-state index contributed by atoms with van der Waals surface area (Å²) in [6, 6.07) is 3.64. The quantitative estimate of drug-likeness (QED) is 0.602. The maximum Gasteiger partial charge on any atom is 0.272 e. The average Bonchev–Trinajstić information content (AvgIpc) is 2.30. The highest BCUT2D eigenvalue weighted by Crippen LogP contribution is 2.26. The first-order valence-corrected chi connectivity index (χ1v) is 5.67. The number of hydrogen-bond acceptors (Lipinski definition) is 3. The summed E-state index contributed by atoms with van der Waals surface area (Å²) >= 11 is 0. The van der Waals surface area contributed by atoms with Gasteiger partial charge in [-0.25, -0.2) is 4.39 Å². The smallest absolute Gasteiger partial charge is 0.272 e. The number of ether oxygens (including phenoxy) is 1. The lowest BCUT2D eigenvalue weighted by Crippen LogP contribution is -2.18. The van der Waals surface area contributed by atoms with Crippen molar-refractivity contribution >= 4 is 5.69 Å². The number of halogens is 1. The molecule has 0 amide bonds. The fraction of sp³-hybridized carbons (Fsp3) is 0.500. The van der Waals surface area contributed by atoms with Crippen molar-refractivity contribution in [1.82, 2.24) is 0 Å². The monoisotopic (exact) mass is 239 g/mol. The second kappa shape index (κ2) is 5.23. The summed E-state index contributed by atoms with van der Waals surface area (Å²) in [5.74, 6) is -0.0677. The minimum atomic E-state index is -0.450. The van der Waals surface area contributed by atoms with Gasteiger partial charge in [-0.05, 0) is 37.3 Å². The van der Waals surface area contributed by atoms with Gasteiger partial charge in [-0.15, -0.1) is 0 Å². The van der Waals surface area contributed by atoms with Gasteiger partial charge >= 0.3 is 0 Å². The third-order valence-electron chi connectivity index (χ3n) is 3.09. The molecule has 92 valence electrons. The number of rotatable bonds is 3. The van der Waals surface area contributed by atoms with Crippen LogP contribution in [0, 0.1) is 21.8 Å². The summed E-state index contributed by atoms with van der Waals surface area (Å²) in [5.41, 5.74) is 0.500. The van der Waals surface area contributed by atoms with Crippen molar-refractivity contribution in [3.8, 4) is 0 Å². The van der Waals surface area contributed by atoms with Gasteiger partial charge in [-0.1, -0.05) is 0 Å². The predicted octanol–water partition coefficient (Wildman–Crippen LogP) is 2.70. The van der Waals surface area contributed by atoms with Crippen LogP contribution in [0.5, 0.6) is 0 Å². The van der Waals surface area contributed by atoms with Gasteiger partial charge in [0.2, 0.25) is 0 Å². The van der Waals surface area contributed by atoms with E-state index in [1.165, 1.54) is 12.1 Å². The Kier molecular flexibility index (Phi) is 3.68. The van der Waals surface area contributed by atoms with Crippen molar-refractivity contribution in [3.63, 3.8) is 0 Å². The lowest BCUT2D eigenvalue weighted by atomic mass is 9.91. The molecule has 0 N–H and O–H groups in total. The van der Waals surface area contributed by atoms with Crippen molar-refractivity contribution in [1.29, 1.82) is 0 Å². The topological polar surface area (TPSA) is 52.4 Å². The predicted molar refractivity (Wildman–Crippen MR) is 60.3 cm³/mol. The molecule has 1 aliphatic rings. The van der Waals surface area contributed by atoms with Gasteiger partial charge in [0.1, 0.15) is 5.82 Å². The van der Waals surface area contributed by atoms with Crippen molar-refractivity contribution in [2.75, 3.05) is 13.2 Å². The van der Waals surface area contributed by atoms with Gasteiger partial charge in [0.15, 0.2) is 0 Å². The van der Waals surface area contributed by atoms with E-state index < -0.39 is 10.7 Å². The summed E-state index contributed by atoms with van der Waals surface area (Å²) in [7, 11) is 0. The van der Waals surface area contributed by atoms with Gasteiger partial charge in [-0.3, -0.25) is 10.1 Å². The first kappa shape index (κ1) is 12.0. The number of hydrogen-bond donors (Lipinski definition) is 0. The van der Waals surface area contributed by atoms with Crippen molar-refractivity contribution in [3.05, 3.63) is 39.7 Å². The molecule has 0 bridgehead atoms. The van der Waals surface area contributed by atoms with Crippen molar-refractivity contribution in [2.24, 2.45) is 5.92 Å². The van der Waals surface area contributed by atoms with Crippen LogP contribution in [0.4, 0.5) is 10.1 Å². The molecule has 17 heavy (non-hydrogen) atoms. The van der Waals surface area contributed by atoms with Crippen LogP contribution < -0.4 is 0 Å². The number of nitro benzene ring substituents is 1. The second-order valence-corrected chi connectivity index (χ2v) is 4.29. The molecule has 2 rings (SSSR count). The van der Waals surface area contributed by atoms with Crippen LogP contribution in [0.1, 0.15) is 18.4 Å². The summed E-state index contributed by atoms with van der Waals surface area (Å²) in [4.78, 5) is 10.4. The Bertz CT molecular complexity index is 416. The molecule has 4 nitrogen and oxygen atoms in total. The molecule has 1 aliphatic heterocycles. The molecular weight excluding hydrogens is 225 g/mol. The Morgan fingerprint density at radius 3 is 2.76 bits per heavy atom. The molecule has 1 aromatic rings. The second-order valence-electron chi connectivity index (χ2n) is 4.29. The van der Waals surface area contributed by atoms with E-state index in [1.807, 2.05) is 0 Å². The normalized spacial score (nSPS) is 17.0. The zero-order chi connectivity index (χ0) is 12.3. The van der Waals surface area contributed by atoms with E-state index in [2.05, 4.69) is 0 Å². The standard InChI is InChI=1S/C12H14FNO3/c13-11-1-2-12(14(15)16)10(8-11)7-9-3-5-17-6-4-9/h1-2,8-9H,3-7H2. The number of nitro groups is 1. The number of benzene rings is 1. The summed E-state index contributed by atoms with van der Waals surface area (Å²) < 4.78 is 18.3. The maximum atomic E-state index is 13.1. The number of nitrogens with zero attached hydrogens (tertiary/aromatic N) is 1. The largest absolute Gasteiger partial charge is 0.381 e. The minimum absolute atomic E-state index is 0.0119. The molecule has 1 fully saturated rings. The van der Waals surface area contributed by atoms with Crippen LogP contribution in [0.2, 0.25) is 0 Å². The molecule has 1 heterocycles. The molecule has 1 saturated heterocycles. The molecule has 0 radical (unpaired) electrons. The molecular formula is C12H14FNO3. The Hall–Kier alpha value is -1.49. The highest BCUT2D eigenvalue weighted by atomic mass is 19.1. The van der Waals surface area contributed by atoms with Crippen LogP contribution in [-0.2, 0) is 11.2 Å². The lowest BCUT2D eigenvalue weighted by Gasteiger charge is -2.21. The summed E-state index contributed by atoms with van der Waals surface area (Å²) in [5, 5.41) is 10.8. The van der Waals surface area contributed by atoms with Gasteiger partial charge in [0.05, 0.1) is 4.92 Å². The lowest BCUT2D eigenvalue weighted by molar-refractivity contribution is -0.385. The van der Waals surface area contributed by atoms with Crippen LogP contribution in [0.15, 0.2) is 18.2 Å². The Labute approximate surface area is 98.5 Å². The molecule has 0 saturated carbocycles. The molecule has 5 heteroatoms. The zero-order valence-electron chi connectivity index (χ0n) is 9.39. The van der Waals surface area contributed by atoms with Crippen molar-refractivity contribution < 1.29 is 14.1 Å². The molecule has 0 atom stereocenters. The average molecular weight is 239 g/mol. The first-order chi connectivity index (χ1) is 8.16. The van der Waals surface area contributed by atoms with E-state index in [0.29, 0.717) is 31.1 Å². The third kappa shape index (κ3) is 3.00. The highest BCUT2D eigenvalue weighted by molar-refractivity contribution is 5.40. The molecule has 0 unspecified atom stereocenters. The Morgan fingerprint density at radius 2 is 2.12 bits per heavy atom. The maximum absolute atomic E-state index is 13.1. The van der Waals surface area contributed by atoms with E-state index in [9.17, 15) is 14.5 Å². The van der Waals surface area contributed by atoms with Crippen LogP contribution >= 0.6 is 0 Å². The third-order valence-corrected chi connectivity index (χ3v) is 3.09. The summed E-state index contributed by atoms with van der Waals surface area (Å²) in [6.45, 7) is 1.38. The van der Waals surface area contributed by atoms with Gasteiger partial charge in [0, 0.05) is 24.8 Å². The zero-order valence-corrected chi connectivity index (χ0v) is 9.39. The highest BCUT2D eigenvalue weighted by Gasteiger charge is 2.20. The van der Waals surface area contributed by atoms with Crippen LogP contribution in [0.25, 0.3) is 0 Å². The van der Waals surface area contributed by atoms with Crippen molar-refractivity contribution in [2.45, 2.75) is 19.3 Å². The Balaban J connectivity index is 2.17. The van der Waals surface area contributed by atoms with E-state index in [0.717, 1.165) is 18.9 Å². The fourth-order valence-corrected chi connectivity index (χ4v) is 2.16. The van der Waals surface area contributed by atoms with Gasteiger partial charge < -0.3 is 4.74 Å². The van der Waals surface area contributed by atoms with Crippen LogP contribution in [-0.4, -0.2) is 18.1 Å². The first-order valence-electron chi connectivity index (χ1n) is 5.67. The SMILES string of the molecule is O=[N+]([O-])c1ccc(F)cc1CC1CCOCC1. The fourth-order valence-electron chi connectivity index (χ4n) is 2.16. The van der Waals surface area contributed by atoms with E-state index >= 15 is 0 Å². The van der Waals surface area contributed by atoms with E-state index in [-0.39, 0.29) is 5.69 Å². The molecule has 0 aliphatic carbocycles. The van der Waals surface area contributed by atoms with Gasteiger partial charge in [0.25, 0.3) is 5.69 Å². The molecule has 0 aromatic heterocycles. The Morgan fingerprint density at radius 1 is 1.41 bits per heavy atom. The van der Waals surface area contributed by atoms with E-state index in [4.69, 9.17) is 4.74 Å². The minimum Gasteiger partial charge on any atom is -0.381 e. The summed E-state index contributed by atoms with van der Waals surface area (Å²) in [6.07, 6.45) is 2.32. The van der Waals surface area contributed by atoms with E-state index in [1.54, 1.807) is 0 Å². The molecule has 1 aromatic carbocycles.